The Labute approximate surface area is 168 Å². The molecule has 0 bridgehead atoms. The Hall–Kier alpha value is -2.94. The van der Waals surface area contributed by atoms with Gasteiger partial charge in [0.25, 0.3) is 0 Å². The summed E-state index contributed by atoms with van der Waals surface area (Å²) in [5, 5.41) is 9.02. The van der Waals surface area contributed by atoms with Crippen molar-refractivity contribution in [1.82, 2.24) is 15.3 Å². The van der Waals surface area contributed by atoms with Crippen LogP contribution in [0.3, 0.4) is 0 Å². The quantitative estimate of drug-likeness (QED) is 0.614. The molecule has 1 saturated heterocycles. The first-order valence-electron chi connectivity index (χ1n) is 9.91. The Balaban J connectivity index is 1.42. The Morgan fingerprint density at radius 3 is 2.66 bits per heavy atom. The van der Waals surface area contributed by atoms with E-state index in [0.717, 1.165) is 63.1 Å². The summed E-state index contributed by atoms with van der Waals surface area (Å²) in [5.74, 6) is -0.0714. The van der Waals surface area contributed by atoms with Gasteiger partial charge < -0.3 is 25.6 Å². The number of nitrogens with one attached hydrogen (secondary N) is 3. The van der Waals surface area contributed by atoms with E-state index in [1.807, 2.05) is 24.3 Å². The van der Waals surface area contributed by atoms with Crippen molar-refractivity contribution in [3.05, 3.63) is 36.3 Å². The molecular formula is C20H25FN6O2. The molecule has 1 saturated carbocycles. The maximum atomic E-state index is 14.2. The number of ether oxygens (including phenoxy) is 1. The highest BCUT2D eigenvalue weighted by Gasteiger charge is 2.28. The second-order valence-corrected chi connectivity index (χ2v) is 7.23. The molecule has 9 heteroatoms. The van der Waals surface area contributed by atoms with Crippen molar-refractivity contribution in [2.45, 2.75) is 31.3 Å². The zero-order valence-electron chi connectivity index (χ0n) is 16.1. The molecule has 3 N–H and O–H groups in total. The minimum atomic E-state index is -0.519. The molecule has 1 amide bonds. The molecule has 8 nitrogen and oxygen atoms in total. The van der Waals surface area contributed by atoms with Crippen LogP contribution in [0.15, 0.2) is 30.5 Å². The van der Waals surface area contributed by atoms with Gasteiger partial charge in [-0.25, -0.2) is 9.37 Å². The summed E-state index contributed by atoms with van der Waals surface area (Å²) in [5.41, 5.74) is 1.96. The van der Waals surface area contributed by atoms with Gasteiger partial charge in [0, 0.05) is 36.5 Å². The maximum Gasteiger partial charge on any atom is 0.229 e. The highest BCUT2D eigenvalue weighted by atomic mass is 19.1. The van der Waals surface area contributed by atoms with Gasteiger partial charge in [0.15, 0.2) is 11.6 Å². The predicted octanol–water partition coefficient (Wildman–Crippen LogP) is 2.27. The number of rotatable bonds is 7. The fourth-order valence-electron chi connectivity index (χ4n) is 3.83. The van der Waals surface area contributed by atoms with E-state index in [1.165, 1.54) is 0 Å². The van der Waals surface area contributed by atoms with Gasteiger partial charge in [-0.05, 0) is 43.5 Å². The first-order chi connectivity index (χ1) is 14.2. The molecule has 2 atom stereocenters. The summed E-state index contributed by atoms with van der Waals surface area (Å²) in [6.07, 6.45) is 4.52. The van der Waals surface area contributed by atoms with Gasteiger partial charge in [-0.1, -0.05) is 0 Å². The molecule has 2 heterocycles. The highest BCUT2D eigenvalue weighted by molar-refractivity contribution is 5.60. The lowest BCUT2D eigenvalue weighted by molar-refractivity contribution is -0.110. The second kappa shape index (κ2) is 9.04. The number of nitrogens with zero attached hydrogens (tertiary/aromatic N) is 3. The third-order valence-corrected chi connectivity index (χ3v) is 5.36. The topological polar surface area (TPSA) is 91.4 Å². The van der Waals surface area contributed by atoms with E-state index in [-0.39, 0.29) is 17.9 Å². The fraction of sp³-hybridized carbons (Fsp3) is 0.450. The molecule has 2 unspecified atom stereocenters. The number of aromatic nitrogens is 2. The van der Waals surface area contributed by atoms with E-state index < -0.39 is 5.82 Å². The molecule has 2 aromatic rings. The number of amides is 1. The van der Waals surface area contributed by atoms with Crippen LogP contribution in [0.25, 0.3) is 0 Å². The third kappa shape index (κ3) is 4.73. The van der Waals surface area contributed by atoms with E-state index in [0.29, 0.717) is 12.4 Å². The smallest absolute Gasteiger partial charge is 0.229 e. The minimum Gasteiger partial charge on any atom is -0.378 e. The molecule has 0 radical (unpaired) electrons. The number of hydrogen-bond acceptors (Lipinski definition) is 7. The highest BCUT2D eigenvalue weighted by Crippen LogP contribution is 2.25. The van der Waals surface area contributed by atoms with Crippen LogP contribution in [-0.2, 0) is 9.53 Å². The number of hydrogen-bond donors (Lipinski definition) is 3. The molecule has 2 fully saturated rings. The van der Waals surface area contributed by atoms with Crippen LogP contribution in [0.4, 0.5) is 27.5 Å². The van der Waals surface area contributed by atoms with Crippen molar-refractivity contribution in [2.24, 2.45) is 0 Å². The average Bonchev–Trinajstić information content (AvgIpc) is 3.19. The predicted molar refractivity (Wildman–Crippen MR) is 109 cm³/mol. The van der Waals surface area contributed by atoms with Gasteiger partial charge in [0.05, 0.1) is 19.4 Å². The molecule has 1 aromatic heterocycles. The largest absolute Gasteiger partial charge is 0.378 e. The monoisotopic (exact) mass is 400 g/mol. The first-order valence-corrected chi connectivity index (χ1v) is 9.91. The van der Waals surface area contributed by atoms with E-state index in [4.69, 9.17) is 4.74 Å². The van der Waals surface area contributed by atoms with Crippen LogP contribution in [-0.4, -0.2) is 54.8 Å². The van der Waals surface area contributed by atoms with Crippen molar-refractivity contribution in [3.8, 4) is 0 Å². The van der Waals surface area contributed by atoms with E-state index in [2.05, 4.69) is 30.8 Å². The summed E-state index contributed by atoms with van der Waals surface area (Å²) in [6.45, 7) is 3.24. The van der Waals surface area contributed by atoms with Crippen LogP contribution in [0.1, 0.15) is 19.3 Å². The normalized spacial score (nSPS) is 21.6. The summed E-state index contributed by atoms with van der Waals surface area (Å²) in [4.78, 5) is 21.4. The third-order valence-electron chi connectivity index (χ3n) is 5.36. The fourth-order valence-corrected chi connectivity index (χ4v) is 3.83. The number of halogens is 1. The van der Waals surface area contributed by atoms with Crippen molar-refractivity contribution in [1.29, 1.82) is 0 Å². The lowest BCUT2D eigenvalue weighted by Crippen LogP contribution is -2.39. The summed E-state index contributed by atoms with van der Waals surface area (Å²) < 4.78 is 19.6. The Morgan fingerprint density at radius 1 is 1.14 bits per heavy atom. The molecule has 1 aliphatic carbocycles. The standard InChI is InChI=1S/C20H25FN6O2/c21-16-12-22-20(26-19(16)25-18-3-1-2-17(18)23-13-28)24-14-4-6-15(7-5-14)27-8-10-29-11-9-27/h4-7,12-13,17-18H,1-3,8-11H2,(H,23,28)(H2,22,24,25,26). The summed E-state index contributed by atoms with van der Waals surface area (Å²) >= 11 is 0. The zero-order chi connectivity index (χ0) is 20.1. The van der Waals surface area contributed by atoms with E-state index in [1.54, 1.807) is 0 Å². The Morgan fingerprint density at radius 2 is 1.90 bits per heavy atom. The Kier molecular flexibility index (Phi) is 6.04. The van der Waals surface area contributed by atoms with Crippen LogP contribution in [0.2, 0.25) is 0 Å². The SMILES string of the molecule is O=CNC1CCCC1Nc1nc(Nc2ccc(N3CCOCC3)cc2)ncc1F. The molecule has 154 valence electrons. The van der Waals surface area contributed by atoms with Crippen LogP contribution in [0, 0.1) is 5.82 Å². The lowest BCUT2D eigenvalue weighted by Gasteiger charge is -2.28. The molecular weight excluding hydrogens is 375 g/mol. The van der Waals surface area contributed by atoms with Gasteiger partial charge >= 0.3 is 0 Å². The second-order valence-electron chi connectivity index (χ2n) is 7.23. The molecule has 1 aromatic carbocycles. The van der Waals surface area contributed by atoms with Gasteiger partial charge in [-0.15, -0.1) is 0 Å². The van der Waals surface area contributed by atoms with Gasteiger partial charge in [0.2, 0.25) is 12.4 Å². The maximum absolute atomic E-state index is 14.2. The van der Waals surface area contributed by atoms with Crippen molar-refractivity contribution in [2.75, 3.05) is 41.8 Å². The van der Waals surface area contributed by atoms with E-state index >= 15 is 0 Å². The van der Waals surface area contributed by atoms with E-state index in [9.17, 15) is 9.18 Å². The zero-order valence-corrected chi connectivity index (χ0v) is 16.1. The minimum absolute atomic E-state index is 0.0222. The van der Waals surface area contributed by atoms with Crippen molar-refractivity contribution >= 4 is 29.6 Å². The summed E-state index contributed by atoms with van der Waals surface area (Å²) in [6, 6.07) is 7.89. The van der Waals surface area contributed by atoms with Crippen LogP contribution in [0.5, 0.6) is 0 Å². The summed E-state index contributed by atoms with van der Waals surface area (Å²) in [7, 11) is 0. The molecule has 0 spiro atoms. The number of carbonyl (C=O) groups is 1. The van der Waals surface area contributed by atoms with Crippen LogP contribution < -0.4 is 20.9 Å². The number of carbonyl (C=O) groups excluding carboxylic acids is 1. The van der Waals surface area contributed by atoms with Gasteiger partial charge in [-0.2, -0.15) is 4.98 Å². The molecule has 4 rings (SSSR count). The molecule has 29 heavy (non-hydrogen) atoms. The first kappa shape index (κ1) is 19.4. The van der Waals surface area contributed by atoms with Crippen LogP contribution >= 0.6 is 0 Å². The van der Waals surface area contributed by atoms with Gasteiger partial charge in [-0.3, -0.25) is 4.79 Å². The number of anilines is 4. The number of benzene rings is 1. The molecule has 2 aliphatic rings. The van der Waals surface area contributed by atoms with Crippen molar-refractivity contribution < 1.29 is 13.9 Å². The Bertz CT molecular complexity index is 828. The average molecular weight is 400 g/mol. The number of morpholine rings is 1. The lowest BCUT2D eigenvalue weighted by atomic mass is 10.2. The molecule has 1 aliphatic heterocycles. The van der Waals surface area contributed by atoms with Crippen molar-refractivity contribution in [3.63, 3.8) is 0 Å². The van der Waals surface area contributed by atoms with Gasteiger partial charge in [0.1, 0.15) is 0 Å².